The predicted octanol–water partition coefficient (Wildman–Crippen LogP) is 1.78. The number of aliphatic carboxylic acids is 1. The number of carboxylic acid groups (broad SMARTS) is 1. The van der Waals surface area contributed by atoms with Gasteiger partial charge in [0.1, 0.15) is 6.29 Å². The summed E-state index contributed by atoms with van der Waals surface area (Å²) in [5.74, 6) is -0.886. The van der Waals surface area contributed by atoms with Gasteiger partial charge in [0, 0.05) is 0 Å². The monoisotopic (exact) mass is 293 g/mol. The van der Waals surface area contributed by atoms with E-state index in [4.69, 9.17) is 11.5 Å². The Kier molecular flexibility index (Phi) is 8.07. The number of terminal acetylenes is 1. The van der Waals surface area contributed by atoms with Crippen LogP contribution in [0.15, 0.2) is 12.2 Å². The first-order valence-electron chi connectivity index (χ1n) is 6.83. The van der Waals surface area contributed by atoms with Crippen molar-refractivity contribution in [3.63, 3.8) is 0 Å². The molecular formula is C16H23NO4. The molecule has 0 rings (SSSR count). The summed E-state index contributed by atoms with van der Waals surface area (Å²) in [6.45, 7) is 6.24. The van der Waals surface area contributed by atoms with Gasteiger partial charge in [0.2, 0.25) is 5.91 Å². The zero-order valence-electron chi connectivity index (χ0n) is 12.8. The predicted molar refractivity (Wildman–Crippen MR) is 80.4 cm³/mol. The van der Waals surface area contributed by atoms with E-state index in [1.807, 2.05) is 12.0 Å². The Morgan fingerprint density at radius 3 is 2.43 bits per heavy atom. The third-order valence-corrected chi connectivity index (χ3v) is 2.71. The van der Waals surface area contributed by atoms with Crippen molar-refractivity contribution in [3.05, 3.63) is 12.2 Å². The number of hydrogen-bond acceptors (Lipinski definition) is 3. The molecule has 0 bridgehead atoms. The molecule has 21 heavy (non-hydrogen) atoms. The maximum absolute atomic E-state index is 11.8. The highest BCUT2D eigenvalue weighted by Gasteiger charge is 2.23. The van der Waals surface area contributed by atoms with Crippen molar-refractivity contribution in [1.29, 1.82) is 0 Å². The molecule has 0 unspecified atom stereocenters. The molecule has 0 aliphatic rings. The van der Waals surface area contributed by atoms with Crippen LogP contribution in [0.4, 0.5) is 0 Å². The standard InChI is InChI=1S/C16H23NO4/c1-5-13(15(20)21)17-14(19)12(11-18)9-7-6-8-10-16(2,3)4/h1,8,10-13H,6-7,9H2,2-4H3,(H,17,19)(H,20,21)/b10-8+/t12-,13-/m0/s1. The quantitative estimate of drug-likeness (QED) is 0.235. The molecule has 2 atom stereocenters. The van der Waals surface area contributed by atoms with Gasteiger partial charge in [-0.3, -0.25) is 4.79 Å². The Balaban J connectivity index is 4.31. The van der Waals surface area contributed by atoms with Crippen molar-refractivity contribution in [2.75, 3.05) is 0 Å². The van der Waals surface area contributed by atoms with Gasteiger partial charge in [-0.05, 0) is 24.7 Å². The molecule has 0 aromatic heterocycles. The molecule has 0 aromatic rings. The fourth-order valence-electron chi connectivity index (χ4n) is 1.58. The van der Waals surface area contributed by atoms with Crippen LogP contribution in [-0.2, 0) is 14.4 Å². The third kappa shape index (κ3) is 8.64. The SMILES string of the molecule is C#C[C@H](NC(=O)[C@H](C=O)CCC/C=C/C(C)(C)C)C(=O)O. The van der Waals surface area contributed by atoms with E-state index in [0.717, 1.165) is 6.42 Å². The van der Waals surface area contributed by atoms with Gasteiger partial charge in [-0.2, -0.15) is 0 Å². The molecule has 5 heteroatoms. The minimum absolute atomic E-state index is 0.100. The number of allylic oxidation sites excluding steroid dienone is 2. The molecule has 0 radical (unpaired) electrons. The van der Waals surface area contributed by atoms with Gasteiger partial charge in [-0.15, -0.1) is 6.42 Å². The second-order valence-corrected chi connectivity index (χ2v) is 5.89. The number of carbonyl (C=O) groups is 3. The fraction of sp³-hybridized carbons (Fsp3) is 0.562. The first-order chi connectivity index (χ1) is 9.71. The maximum atomic E-state index is 11.8. The van der Waals surface area contributed by atoms with Crippen molar-refractivity contribution in [3.8, 4) is 12.3 Å². The highest BCUT2D eigenvalue weighted by Crippen LogP contribution is 2.16. The van der Waals surface area contributed by atoms with Crippen LogP contribution in [-0.4, -0.2) is 29.3 Å². The molecule has 0 aliphatic carbocycles. The summed E-state index contributed by atoms with van der Waals surface area (Å²) in [7, 11) is 0. The van der Waals surface area contributed by atoms with Crippen LogP contribution in [0.5, 0.6) is 0 Å². The Hall–Kier alpha value is -2.09. The molecule has 0 saturated carbocycles. The van der Waals surface area contributed by atoms with Crippen molar-refractivity contribution in [2.45, 2.75) is 46.1 Å². The van der Waals surface area contributed by atoms with E-state index in [2.05, 4.69) is 32.2 Å². The van der Waals surface area contributed by atoms with Crippen LogP contribution in [0.1, 0.15) is 40.0 Å². The number of amides is 1. The Bertz CT molecular complexity index is 440. The third-order valence-electron chi connectivity index (χ3n) is 2.71. The average Bonchev–Trinajstić information content (AvgIpc) is 2.38. The summed E-state index contributed by atoms with van der Waals surface area (Å²) in [6, 6.07) is -1.40. The first kappa shape index (κ1) is 18.9. The van der Waals surface area contributed by atoms with Gasteiger partial charge >= 0.3 is 5.97 Å². The zero-order chi connectivity index (χ0) is 16.5. The summed E-state index contributed by atoms with van der Waals surface area (Å²) in [5.41, 5.74) is 0.100. The molecule has 5 nitrogen and oxygen atoms in total. The van der Waals surface area contributed by atoms with Gasteiger partial charge < -0.3 is 15.2 Å². The molecule has 0 fully saturated rings. The Labute approximate surface area is 125 Å². The minimum atomic E-state index is -1.40. The lowest BCUT2D eigenvalue weighted by atomic mass is 9.95. The van der Waals surface area contributed by atoms with Gasteiger partial charge in [0.25, 0.3) is 0 Å². The second kappa shape index (κ2) is 8.96. The number of hydrogen-bond donors (Lipinski definition) is 2. The number of rotatable bonds is 8. The Morgan fingerprint density at radius 1 is 1.38 bits per heavy atom. The smallest absolute Gasteiger partial charge is 0.338 e. The van der Waals surface area contributed by atoms with Gasteiger partial charge in [-0.1, -0.05) is 38.8 Å². The van der Waals surface area contributed by atoms with E-state index < -0.39 is 23.8 Å². The van der Waals surface area contributed by atoms with E-state index in [1.54, 1.807) is 0 Å². The highest BCUT2D eigenvalue weighted by atomic mass is 16.4. The van der Waals surface area contributed by atoms with Crippen LogP contribution < -0.4 is 5.32 Å². The van der Waals surface area contributed by atoms with E-state index >= 15 is 0 Å². The van der Waals surface area contributed by atoms with E-state index in [9.17, 15) is 14.4 Å². The molecular weight excluding hydrogens is 270 g/mol. The van der Waals surface area contributed by atoms with E-state index in [1.165, 1.54) is 0 Å². The molecule has 2 N–H and O–H groups in total. The number of carbonyl (C=O) groups excluding carboxylic acids is 2. The first-order valence-corrected chi connectivity index (χ1v) is 6.83. The molecule has 0 saturated heterocycles. The lowest BCUT2D eigenvalue weighted by molar-refractivity contribution is -0.141. The van der Waals surface area contributed by atoms with Gasteiger partial charge in [-0.25, -0.2) is 4.79 Å². The normalized spacial score (nSPS) is 14.2. The van der Waals surface area contributed by atoms with Crippen LogP contribution >= 0.6 is 0 Å². The molecule has 0 heterocycles. The number of unbranched alkanes of at least 4 members (excludes halogenated alkanes) is 1. The number of nitrogens with one attached hydrogen (secondary N) is 1. The highest BCUT2D eigenvalue weighted by molar-refractivity contribution is 5.94. The van der Waals surface area contributed by atoms with Crippen LogP contribution in [0.3, 0.4) is 0 Å². The Morgan fingerprint density at radius 2 is 2.00 bits per heavy atom. The topological polar surface area (TPSA) is 83.5 Å². The van der Waals surface area contributed by atoms with Gasteiger partial charge in [0.05, 0.1) is 5.92 Å². The second-order valence-electron chi connectivity index (χ2n) is 5.89. The molecule has 0 aromatic carbocycles. The summed E-state index contributed by atoms with van der Waals surface area (Å²) in [5, 5.41) is 10.9. The summed E-state index contributed by atoms with van der Waals surface area (Å²) in [4.78, 5) is 33.4. The van der Waals surface area contributed by atoms with Crippen molar-refractivity contribution in [1.82, 2.24) is 5.32 Å². The summed E-state index contributed by atoms with van der Waals surface area (Å²) in [6.07, 6.45) is 11.4. The molecule has 116 valence electrons. The van der Waals surface area contributed by atoms with Crippen LogP contribution in [0.2, 0.25) is 0 Å². The van der Waals surface area contributed by atoms with Crippen molar-refractivity contribution in [2.24, 2.45) is 11.3 Å². The molecule has 1 amide bonds. The lowest BCUT2D eigenvalue weighted by Crippen LogP contribution is -2.43. The maximum Gasteiger partial charge on any atom is 0.338 e. The van der Waals surface area contributed by atoms with Crippen LogP contribution in [0.25, 0.3) is 0 Å². The van der Waals surface area contributed by atoms with Crippen molar-refractivity contribution < 1.29 is 19.5 Å². The average molecular weight is 293 g/mol. The largest absolute Gasteiger partial charge is 0.479 e. The van der Waals surface area contributed by atoms with E-state index in [0.29, 0.717) is 19.1 Å². The van der Waals surface area contributed by atoms with Crippen LogP contribution in [0, 0.1) is 23.7 Å². The molecule has 0 aliphatic heterocycles. The number of aldehydes is 1. The van der Waals surface area contributed by atoms with Crippen molar-refractivity contribution >= 4 is 18.2 Å². The number of carboxylic acids is 1. The molecule has 0 spiro atoms. The van der Waals surface area contributed by atoms with E-state index in [-0.39, 0.29) is 5.41 Å². The summed E-state index contributed by atoms with van der Waals surface area (Å²) < 4.78 is 0. The fourth-order valence-corrected chi connectivity index (χ4v) is 1.58. The zero-order valence-corrected chi connectivity index (χ0v) is 12.8. The summed E-state index contributed by atoms with van der Waals surface area (Å²) >= 11 is 0. The minimum Gasteiger partial charge on any atom is -0.479 e. The lowest BCUT2D eigenvalue weighted by Gasteiger charge is -2.13. The van der Waals surface area contributed by atoms with Gasteiger partial charge in [0.15, 0.2) is 6.04 Å².